The first-order valence-corrected chi connectivity index (χ1v) is 4.39. The first-order chi connectivity index (χ1) is 4.35. The van der Waals surface area contributed by atoms with Crippen LogP contribution < -0.4 is 0 Å². The third-order valence-corrected chi connectivity index (χ3v) is 2.23. The van der Waals surface area contributed by atoms with Gasteiger partial charge in [-0.05, 0) is 6.92 Å². The Bertz CT molecular complexity index is 56.2. The Morgan fingerprint density at radius 3 is 2.11 bits per heavy atom. The second-order valence-electron chi connectivity index (χ2n) is 1.42. The monoisotopic (exact) mass is 149 g/mol. The molecule has 0 saturated carbocycles. The average Bonchev–Trinajstić information content (AvgIpc) is 1.91. The van der Waals surface area contributed by atoms with Crippen molar-refractivity contribution in [2.24, 2.45) is 0 Å². The van der Waals surface area contributed by atoms with Gasteiger partial charge in [-0.15, -0.1) is 0 Å². The predicted molar refractivity (Wildman–Crippen MR) is 36.3 cm³/mol. The molecule has 55 valence electrons. The van der Waals surface area contributed by atoms with Crippen molar-refractivity contribution >= 4 is 9.28 Å². The lowest BCUT2D eigenvalue weighted by Gasteiger charge is -2.07. The van der Waals surface area contributed by atoms with Crippen LogP contribution in [0.2, 0.25) is 0 Å². The summed E-state index contributed by atoms with van der Waals surface area (Å²) >= 11 is 0. The standard InChI is InChI=1S/C5H13O3Si/c1-4-8-5-9(6-2)7-3/h4-5H2,1-3H3. The fraction of sp³-hybridized carbons (Fsp3) is 1.00. The Hall–Kier alpha value is 0.0969. The highest BCUT2D eigenvalue weighted by atomic mass is 28.3. The van der Waals surface area contributed by atoms with Crippen molar-refractivity contribution in [1.29, 1.82) is 0 Å². The van der Waals surface area contributed by atoms with Crippen LogP contribution in [0.15, 0.2) is 0 Å². The molecule has 0 aliphatic heterocycles. The van der Waals surface area contributed by atoms with Crippen molar-refractivity contribution in [3.8, 4) is 0 Å². The summed E-state index contributed by atoms with van der Waals surface area (Å²) in [6, 6.07) is 0. The van der Waals surface area contributed by atoms with Crippen LogP contribution in [0.3, 0.4) is 0 Å². The van der Waals surface area contributed by atoms with E-state index in [0.29, 0.717) is 6.23 Å². The molecule has 0 aromatic rings. The highest BCUT2D eigenvalue weighted by Gasteiger charge is 2.10. The molecule has 0 aromatic heterocycles. The van der Waals surface area contributed by atoms with Crippen LogP contribution in [0.1, 0.15) is 6.92 Å². The lowest BCUT2D eigenvalue weighted by molar-refractivity contribution is 0.150. The van der Waals surface area contributed by atoms with Crippen LogP contribution in [-0.2, 0) is 13.6 Å². The SMILES string of the molecule is CCOC[Si](OC)OC. The summed E-state index contributed by atoms with van der Waals surface area (Å²) in [4.78, 5) is 0. The van der Waals surface area contributed by atoms with Gasteiger partial charge in [0.2, 0.25) is 0 Å². The van der Waals surface area contributed by atoms with E-state index >= 15 is 0 Å². The second-order valence-corrected chi connectivity index (χ2v) is 3.27. The van der Waals surface area contributed by atoms with Gasteiger partial charge >= 0.3 is 9.28 Å². The summed E-state index contributed by atoms with van der Waals surface area (Å²) < 4.78 is 15.0. The molecule has 0 saturated heterocycles. The molecular formula is C5H13O3Si. The molecule has 0 bridgehead atoms. The zero-order valence-corrected chi connectivity index (χ0v) is 7.14. The van der Waals surface area contributed by atoms with E-state index in [4.69, 9.17) is 13.6 Å². The summed E-state index contributed by atoms with van der Waals surface area (Å²) in [7, 11) is 2.16. The number of ether oxygens (including phenoxy) is 1. The van der Waals surface area contributed by atoms with Gasteiger partial charge in [0.05, 0.1) is 6.23 Å². The van der Waals surface area contributed by atoms with Gasteiger partial charge in [0, 0.05) is 20.8 Å². The third kappa shape index (κ3) is 4.59. The van der Waals surface area contributed by atoms with E-state index < -0.39 is 9.28 Å². The summed E-state index contributed by atoms with van der Waals surface area (Å²) in [6.07, 6.45) is 0.605. The minimum Gasteiger partial charge on any atom is -0.395 e. The topological polar surface area (TPSA) is 27.7 Å². The van der Waals surface area contributed by atoms with E-state index in [1.54, 1.807) is 14.2 Å². The van der Waals surface area contributed by atoms with Crippen LogP contribution >= 0.6 is 0 Å². The van der Waals surface area contributed by atoms with Crippen LogP contribution in [0.25, 0.3) is 0 Å². The van der Waals surface area contributed by atoms with Crippen LogP contribution in [0, 0.1) is 0 Å². The molecule has 0 aromatic carbocycles. The van der Waals surface area contributed by atoms with Crippen LogP contribution in [0.4, 0.5) is 0 Å². The quantitative estimate of drug-likeness (QED) is 0.528. The maximum atomic E-state index is 5.07. The molecule has 0 aliphatic rings. The number of hydrogen-bond donors (Lipinski definition) is 0. The maximum absolute atomic E-state index is 5.07. The normalized spacial score (nSPS) is 10.7. The van der Waals surface area contributed by atoms with Gasteiger partial charge in [0.1, 0.15) is 0 Å². The molecular weight excluding hydrogens is 136 g/mol. The second kappa shape index (κ2) is 6.22. The van der Waals surface area contributed by atoms with E-state index in [1.165, 1.54) is 0 Å². The van der Waals surface area contributed by atoms with Crippen molar-refractivity contribution in [3.63, 3.8) is 0 Å². The van der Waals surface area contributed by atoms with E-state index in [1.807, 2.05) is 6.92 Å². The Kier molecular flexibility index (Phi) is 6.29. The smallest absolute Gasteiger partial charge is 0.395 e. The van der Waals surface area contributed by atoms with Gasteiger partial charge in [0.15, 0.2) is 0 Å². The molecule has 4 heteroatoms. The largest absolute Gasteiger partial charge is 0.412 e. The Morgan fingerprint density at radius 1 is 1.22 bits per heavy atom. The molecule has 0 amide bonds. The minimum atomic E-state index is -1.11. The molecule has 9 heavy (non-hydrogen) atoms. The predicted octanol–water partition coefficient (Wildman–Crippen LogP) is 0.343. The van der Waals surface area contributed by atoms with Crippen molar-refractivity contribution in [3.05, 3.63) is 0 Å². The summed E-state index contributed by atoms with van der Waals surface area (Å²) in [6.45, 7) is 2.67. The van der Waals surface area contributed by atoms with Crippen molar-refractivity contribution < 1.29 is 13.6 Å². The van der Waals surface area contributed by atoms with E-state index in [0.717, 1.165) is 6.61 Å². The van der Waals surface area contributed by atoms with Crippen LogP contribution in [0.5, 0.6) is 0 Å². The van der Waals surface area contributed by atoms with E-state index in [9.17, 15) is 0 Å². The average molecular weight is 149 g/mol. The molecule has 0 N–H and O–H groups in total. The summed E-state index contributed by atoms with van der Waals surface area (Å²) in [5.74, 6) is 0. The van der Waals surface area contributed by atoms with E-state index in [2.05, 4.69) is 0 Å². The molecule has 0 spiro atoms. The van der Waals surface area contributed by atoms with Gasteiger partial charge in [-0.2, -0.15) is 0 Å². The third-order valence-electron chi connectivity index (χ3n) is 0.879. The highest BCUT2D eigenvalue weighted by Crippen LogP contribution is 1.85. The van der Waals surface area contributed by atoms with Gasteiger partial charge in [-0.25, -0.2) is 0 Å². The first-order valence-electron chi connectivity index (χ1n) is 2.86. The fourth-order valence-electron chi connectivity index (χ4n) is 0.387. The van der Waals surface area contributed by atoms with Crippen molar-refractivity contribution in [2.45, 2.75) is 6.92 Å². The molecule has 0 rings (SSSR count). The first kappa shape index (κ1) is 9.10. The summed E-state index contributed by atoms with van der Waals surface area (Å²) in [5.41, 5.74) is 0. The highest BCUT2D eigenvalue weighted by molar-refractivity contribution is 6.44. The lowest BCUT2D eigenvalue weighted by atomic mass is 10.9. The fourth-order valence-corrected chi connectivity index (χ4v) is 1.16. The van der Waals surface area contributed by atoms with Gasteiger partial charge in [0.25, 0.3) is 0 Å². The number of hydrogen-bond acceptors (Lipinski definition) is 3. The molecule has 1 radical (unpaired) electrons. The molecule has 0 fully saturated rings. The number of rotatable bonds is 5. The maximum Gasteiger partial charge on any atom is 0.412 e. The van der Waals surface area contributed by atoms with Gasteiger partial charge < -0.3 is 13.6 Å². The van der Waals surface area contributed by atoms with Crippen LogP contribution in [-0.4, -0.2) is 36.3 Å². The lowest BCUT2D eigenvalue weighted by Crippen LogP contribution is -2.26. The van der Waals surface area contributed by atoms with Gasteiger partial charge in [-0.1, -0.05) is 0 Å². The Morgan fingerprint density at radius 2 is 1.78 bits per heavy atom. The molecule has 0 aliphatic carbocycles. The molecule has 0 atom stereocenters. The molecule has 0 heterocycles. The van der Waals surface area contributed by atoms with Crippen molar-refractivity contribution in [2.75, 3.05) is 27.1 Å². The molecule has 3 nitrogen and oxygen atoms in total. The zero-order valence-electron chi connectivity index (χ0n) is 6.14. The molecule has 0 unspecified atom stereocenters. The summed E-state index contributed by atoms with van der Waals surface area (Å²) in [5, 5.41) is 0. The Balaban J connectivity index is 3.09. The van der Waals surface area contributed by atoms with E-state index in [-0.39, 0.29) is 0 Å². The van der Waals surface area contributed by atoms with Gasteiger partial charge in [-0.3, -0.25) is 0 Å². The minimum absolute atomic E-state index is 0.605. The zero-order chi connectivity index (χ0) is 7.11. The van der Waals surface area contributed by atoms with Crippen molar-refractivity contribution in [1.82, 2.24) is 0 Å². The Labute approximate surface area is 57.8 Å².